The molecule has 0 saturated heterocycles. The normalized spacial score (nSPS) is 10.6. The number of carbonyl (C=O) groups is 2. The Morgan fingerprint density at radius 2 is 1.70 bits per heavy atom. The molecule has 1 aromatic heterocycles. The molecule has 3 rings (SSSR count). The summed E-state index contributed by atoms with van der Waals surface area (Å²) in [4.78, 5) is 45.7. The van der Waals surface area contributed by atoms with Crippen LogP contribution in [0.3, 0.4) is 0 Å². The van der Waals surface area contributed by atoms with Gasteiger partial charge in [-0.15, -0.1) is 0 Å². The Morgan fingerprint density at radius 3 is 2.35 bits per heavy atom. The molecule has 0 unspecified atom stereocenters. The van der Waals surface area contributed by atoms with Crippen LogP contribution in [0.1, 0.15) is 34.6 Å². The summed E-state index contributed by atoms with van der Waals surface area (Å²) in [6.07, 6.45) is 1.10. The molecule has 2 amide bonds. The van der Waals surface area contributed by atoms with Gasteiger partial charge in [-0.05, 0) is 55.6 Å². The number of hydrogen-bond donors (Lipinski definition) is 4. The van der Waals surface area contributed by atoms with Crippen LogP contribution in [0.2, 0.25) is 0 Å². The van der Waals surface area contributed by atoms with E-state index < -0.39 is 4.92 Å². The van der Waals surface area contributed by atoms with Crippen molar-refractivity contribution < 1.29 is 14.5 Å². The highest BCUT2D eigenvalue weighted by atomic mass is 16.6. The summed E-state index contributed by atoms with van der Waals surface area (Å²) >= 11 is 0. The Morgan fingerprint density at radius 1 is 0.973 bits per heavy atom. The second kappa shape index (κ2) is 12.9. The zero-order chi connectivity index (χ0) is 26.8. The summed E-state index contributed by atoms with van der Waals surface area (Å²) in [6, 6.07) is 13.2. The van der Waals surface area contributed by atoms with Gasteiger partial charge in [0, 0.05) is 42.6 Å². The Bertz CT molecular complexity index is 1250. The van der Waals surface area contributed by atoms with Crippen molar-refractivity contribution in [1.29, 1.82) is 0 Å². The van der Waals surface area contributed by atoms with Crippen LogP contribution in [0.25, 0.3) is 0 Å². The van der Waals surface area contributed by atoms with Gasteiger partial charge in [0.2, 0.25) is 11.8 Å². The first-order chi connectivity index (χ1) is 17.8. The molecule has 3 aromatic rings. The minimum Gasteiger partial charge on any atom is -0.355 e. The maximum Gasteiger partial charge on any atom is 0.329 e. The molecular formula is C25H30N8O4. The van der Waals surface area contributed by atoms with Crippen molar-refractivity contribution in [2.45, 2.75) is 13.8 Å². The first-order valence-electron chi connectivity index (χ1n) is 11.8. The number of likely N-dealkylation sites (N-methyl/N-ethyl adjacent to an activating group) is 1. The fraction of sp³-hybridized carbons (Fsp3) is 0.280. The molecule has 0 spiro atoms. The smallest absolute Gasteiger partial charge is 0.329 e. The number of nitrogens with one attached hydrogen (secondary N) is 4. The number of aromatic nitrogens is 2. The van der Waals surface area contributed by atoms with Crippen LogP contribution in [0.5, 0.6) is 0 Å². The van der Waals surface area contributed by atoms with E-state index in [0.717, 1.165) is 25.8 Å². The molecule has 12 nitrogen and oxygen atoms in total. The van der Waals surface area contributed by atoms with E-state index >= 15 is 0 Å². The van der Waals surface area contributed by atoms with Gasteiger partial charge >= 0.3 is 5.69 Å². The number of amides is 2. The average molecular weight is 507 g/mol. The van der Waals surface area contributed by atoms with Gasteiger partial charge in [0.05, 0.1) is 4.92 Å². The van der Waals surface area contributed by atoms with Gasteiger partial charge in [-0.3, -0.25) is 19.7 Å². The Kier molecular flexibility index (Phi) is 9.44. The minimum absolute atomic E-state index is 0.0410. The Balaban J connectivity index is 1.71. The van der Waals surface area contributed by atoms with Crippen molar-refractivity contribution in [3.05, 3.63) is 76.0 Å². The molecule has 37 heavy (non-hydrogen) atoms. The number of hydrogen-bond acceptors (Lipinski definition) is 9. The molecule has 0 saturated carbocycles. The summed E-state index contributed by atoms with van der Waals surface area (Å²) in [6.45, 7) is 7.35. The third-order valence-corrected chi connectivity index (χ3v) is 5.59. The van der Waals surface area contributed by atoms with Crippen molar-refractivity contribution in [2.24, 2.45) is 0 Å². The fourth-order valence-corrected chi connectivity index (χ4v) is 3.48. The summed E-state index contributed by atoms with van der Waals surface area (Å²) in [5.74, 6) is -0.382. The van der Waals surface area contributed by atoms with E-state index in [1.807, 2.05) is 0 Å². The summed E-state index contributed by atoms with van der Waals surface area (Å²) in [5.41, 5.74) is 1.62. The lowest BCUT2D eigenvalue weighted by atomic mass is 10.2. The monoisotopic (exact) mass is 506 g/mol. The lowest BCUT2D eigenvalue weighted by Gasteiger charge is -2.18. The molecular weight excluding hydrogens is 476 g/mol. The maximum atomic E-state index is 12.4. The lowest BCUT2D eigenvalue weighted by molar-refractivity contribution is -0.384. The maximum absolute atomic E-state index is 12.4. The number of rotatable bonds is 12. The summed E-state index contributed by atoms with van der Waals surface area (Å²) in [5, 5.41) is 22.8. The quantitative estimate of drug-likeness (QED) is 0.214. The standard InChI is InChI=1S/C25H30N8O4/c1-4-32(5-2)14-13-27-24(35)17-9-11-19(12-10-17)30-25-28-16-21(33(36)37)22(31-25)29-20-8-6-7-18(15-20)23(34)26-3/h6-12,15-16H,4-5,13-14H2,1-3H3,(H,26,34)(H,27,35)(H2,28,29,30,31). The molecule has 0 fully saturated rings. The second-order valence-corrected chi connectivity index (χ2v) is 7.95. The van der Waals surface area contributed by atoms with E-state index in [1.165, 1.54) is 7.05 Å². The third kappa shape index (κ3) is 7.45. The van der Waals surface area contributed by atoms with Gasteiger partial charge < -0.3 is 26.2 Å². The number of carbonyl (C=O) groups excluding carboxylic acids is 2. The second-order valence-electron chi connectivity index (χ2n) is 7.95. The van der Waals surface area contributed by atoms with Crippen molar-refractivity contribution in [3.8, 4) is 0 Å². The van der Waals surface area contributed by atoms with Crippen LogP contribution < -0.4 is 21.3 Å². The van der Waals surface area contributed by atoms with Gasteiger partial charge in [-0.25, -0.2) is 4.98 Å². The predicted octanol–water partition coefficient (Wildman–Crippen LogP) is 3.30. The van der Waals surface area contributed by atoms with Crippen LogP contribution in [-0.4, -0.2) is 64.8 Å². The first kappa shape index (κ1) is 27.0. The molecule has 4 N–H and O–H groups in total. The summed E-state index contributed by atoms with van der Waals surface area (Å²) in [7, 11) is 1.52. The zero-order valence-electron chi connectivity index (χ0n) is 20.9. The summed E-state index contributed by atoms with van der Waals surface area (Å²) < 4.78 is 0. The van der Waals surface area contributed by atoms with Gasteiger partial charge in [0.25, 0.3) is 11.8 Å². The average Bonchev–Trinajstić information content (AvgIpc) is 2.91. The topological polar surface area (TPSA) is 154 Å². The van der Waals surface area contributed by atoms with Crippen LogP contribution in [0.15, 0.2) is 54.7 Å². The van der Waals surface area contributed by atoms with Crippen LogP contribution in [0, 0.1) is 10.1 Å². The highest BCUT2D eigenvalue weighted by Gasteiger charge is 2.18. The van der Waals surface area contributed by atoms with E-state index in [4.69, 9.17) is 0 Å². The molecule has 2 aromatic carbocycles. The van der Waals surface area contributed by atoms with Crippen molar-refractivity contribution in [2.75, 3.05) is 43.9 Å². The van der Waals surface area contributed by atoms with Gasteiger partial charge in [0.1, 0.15) is 6.20 Å². The van der Waals surface area contributed by atoms with E-state index in [2.05, 4.69) is 50.0 Å². The first-order valence-corrected chi connectivity index (χ1v) is 11.8. The highest BCUT2D eigenvalue weighted by Crippen LogP contribution is 2.27. The van der Waals surface area contributed by atoms with Gasteiger partial charge in [-0.1, -0.05) is 19.9 Å². The highest BCUT2D eigenvalue weighted by molar-refractivity contribution is 5.95. The molecule has 0 aliphatic rings. The van der Waals surface area contributed by atoms with Gasteiger partial charge in [0.15, 0.2) is 0 Å². The Labute approximate surface area is 214 Å². The third-order valence-electron chi connectivity index (χ3n) is 5.59. The molecule has 0 bridgehead atoms. The van der Waals surface area contributed by atoms with Crippen molar-refractivity contribution >= 4 is 40.6 Å². The molecule has 1 heterocycles. The zero-order valence-corrected chi connectivity index (χ0v) is 20.9. The van der Waals surface area contributed by atoms with Crippen molar-refractivity contribution in [3.63, 3.8) is 0 Å². The number of anilines is 4. The molecule has 0 aliphatic carbocycles. The van der Waals surface area contributed by atoms with Crippen LogP contribution in [-0.2, 0) is 0 Å². The van der Waals surface area contributed by atoms with Crippen LogP contribution in [0.4, 0.5) is 28.8 Å². The van der Waals surface area contributed by atoms with Gasteiger partial charge in [-0.2, -0.15) is 4.98 Å². The van der Waals surface area contributed by atoms with E-state index in [-0.39, 0.29) is 29.3 Å². The van der Waals surface area contributed by atoms with Crippen molar-refractivity contribution in [1.82, 2.24) is 25.5 Å². The fourth-order valence-electron chi connectivity index (χ4n) is 3.48. The SMILES string of the molecule is CCN(CC)CCNC(=O)c1ccc(Nc2ncc([N+](=O)[O-])c(Nc3cccc(C(=O)NC)c3)n2)cc1. The molecule has 0 aliphatic heterocycles. The number of nitrogens with zero attached hydrogens (tertiary/aromatic N) is 4. The van der Waals surface area contributed by atoms with E-state index in [1.54, 1.807) is 48.5 Å². The number of benzene rings is 2. The predicted molar refractivity (Wildman–Crippen MR) is 142 cm³/mol. The molecule has 0 atom stereocenters. The van der Waals surface area contributed by atoms with Crippen LogP contribution >= 0.6 is 0 Å². The number of nitro groups is 1. The molecule has 0 radical (unpaired) electrons. The van der Waals surface area contributed by atoms with E-state index in [9.17, 15) is 19.7 Å². The lowest BCUT2D eigenvalue weighted by Crippen LogP contribution is -2.34. The minimum atomic E-state index is -0.595. The molecule has 12 heteroatoms. The molecule has 194 valence electrons. The van der Waals surface area contributed by atoms with E-state index in [0.29, 0.717) is 29.0 Å². The largest absolute Gasteiger partial charge is 0.355 e. The Hall–Kier alpha value is -4.58.